The fraction of sp³-hybridized carbons (Fsp3) is 0.296. The molecule has 13 nitrogen and oxygen atoms in total. The van der Waals surface area contributed by atoms with Gasteiger partial charge in [0.1, 0.15) is 24.2 Å². The molecule has 10 N–H and O–H groups in total. The predicted octanol–water partition coefficient (Wildman–Crippen LogP) is -1.31. The summed E-state index contributed by atoms with van der Waals surface area (Å²) in [5.74, 6) is -4.84. The second-order valence-electron chi connectivity index (χ2n) is 9.23. The highest BCUT2D eigenvalue weighted by molar-refractivity contribution is 5.96. The van der Waals surface area contributed by atoms with E-state index >= 15 is 0 Å². The smallest absolute Gasteiger partial charge is 0.326 e. The highest BCUT2D eigenvalue weighted by Crippen LogP contribution is 2.19. The molecule has 4 atom stereocenters. The third-order valence-corrected chi connectivity index (χ3v) is 6.20. The summed E-state index contributed by atoms with van der Waals surface area (Å²) in [6, 6.07) is 10.5. The van der Waals surface area contributed by atoms with E-state index in [0.29, 0.717) is 11.1 Å². The van der Waals surface area contributed by atoms with E-state index in [2.05, 4.69) is 20.9 Å². The molecule has 4 amide bonds. The van der Waals surface area contributed by atoms with Crippen molar-refractivity contribution in [3.63, 3.8) is 0 Å². The van der Waals surface area contributed by atoms with Crippen LogP contribution in [0.3, 0.4) is 0 Å². The topological polar surface area (TPSA) is 230 Å². The summed E-state index contributed by atoms with van der Waals surface area (Å²) in [6.45, 7) is -0.661. The Morgan fingerprint density at radius 1 is 0.800 bits per heavy atom. The molecule has 3 rings (SSSR count). The number of fused-ring (bicyclic) bond motifs is 1. The Morgan fingerprint density at radius 3 is 2.05 bits per heavy atom. The number of nitrogens with two attached hydrogens (primary N) is 2. The molecule has 0 saturated carbocycles. The van der Waals surface area contributed by atoms with Crippen LogP contribution in [-0.4, -0.2) is 75.6 Å². The van der Waals surface area contributed by atoms with Crippen LogP contribution in [0.15, 0.2) is 60.8 Å². The second kappa shape index (κ2) is 13.9. The average Bonchev–Trinajstić information content (AvgIpc) is 3.34. The van der Waals surface area contributed by atoms with Crippen molar-refractivity contribution in [2.24, 2.45) is 11.5 Å². The Kier molecular flexibility index (Phi) is 10.3. The van der Waals surface area contributed by atoms with Gasteiger partial charge in [-0.05, 0) is 17.2 Å². The highest BCUT2D eigenvalue weighted by Gasteiger charge is 2.31. The van der Waals surface area contributed by atoms with Gasteiger partial charge >= 0.3 is 5.97 Å². The van der Waals surface area contributed by atoms with E-state index in [0.717, 1.165) is 10.9 Å². The first-order valence-corrected chi connectivity index (χ1v) is 12.5. The first kappa shape index (κ1) is 29.8. The van der Waals surface area contributed by atoms with Crippen molar-refractivity contribution in [3.8, 4) is 0 Å². The lowest BCUT2D eigenvalue weighted by atomic mass is 10.0. The maximum atomic E-state index is 13.2. The Morgan fingerprint density at radius 2 is 1.40 bits per heavy atom. The number of aliphatic hydroxyl groups is 1. The number of amides is 4. The van der Waals surface area contributed by atoms with Gasteiger partial charge in [-0.1, -0.05) is 48.5 Å². The molecule has 0 aliphatic rings. The van der Waals surface area contributed by atoms with Gasteiger partial charge in [-0.15, -0.1) is 0 Å². The number of nitrogens with one attached hydrogen (secondary N) is 4. The number of H-pyrrole nitrogens is 1. The van der Waals surface area contributed by atoms with E-state index in [-0.39, 0.29) is 12.8 Å². The summed E-state index contributed by atoms with van der Waals surface area (Å²) >= 11 is 0. The normalized spacial score (nSPS) is 13.9. The highest BCUT2D eigenvalue weighted by atomic mass is 16.4. The number of para-hydroxylation sites is 1. The van der Waals surface area contributed by atoms with Crippen LogP contribution in [0, 0.1) is 0 Å². The first-order valence-electron chi connectivity index (χ1n) is 12.5. The fourth-order valence-electron chi connectivity index (χ4n) is 4.10. The third-order valence-electron chi connectivity index (χ3n) is 6.20. The molecule has 0 radical (unpaired) electrons. The zero-order chi connectivity index (χ0) is 29.2. The number of carboxylic acids is 1. The summed E-state index contributed by atoms with van der Waals surface area (Å²) in [6.07, 6.45) is 0.941. The molecule has 0 aliphatic carbocycles. The standard InChI is InChI=1S/C27H32N6O7/c28-18(14-34)24(36)31-20(10-15-6-2-1-3-7-15)25(37)32-21(12-23(29)35)26(38)33-22(27(39)40)11-16-13-30-19-9-5-4-8-17(16)19/h1-9,13,18,20-22,30,34H,10-12,14,28H2,(H2,29,35)(H,31,36)(H,32,37)(H,33,38)(H,39,40). The van der Waals surface area contributed by atoms with Crippen LogP contribution in [0.4, 0.5) is 0 Å². The number of hydrogen-bond acceptors (Lipinski definition) is 7. The summed E-state index contributed by atoms with van der Waals surface area (Å²) in [7, 11) is 0. The Bertz CT molecular complexity index is 1360. The van der Waals surface area contributed by atoms with Crippen LogP contribution in [0.1, 0.15) is 17.5 Å². The molecule has 13 heteroatoms. The van der Waals surface area contributed by atoms with Crippen molar-refractivity contribution in [1.82, 2.24) is 20.9 Å². The van der Waals surface area contributed by atoms with Crippen LogP contribution in [0.25, 0.3) is 10.9 Å². The number of primary amides is 1. The molecule has 4 unspecified atom stereocenters. The number of aromatic amines is 1. The zero-order valence-electron chi connectivity index (χ0n) is 21.5. The number of carboxylic acid groups (broad SMARTS) is 1. The number of aliphatic carboxylic acids is 1. The lowest BCUT2D eigenvalue weighted by Crippen LogP contribution is -2.58. The minimum absolute atomic E-state index is 0.000211. The van der Waals surface area contributed by atoms with Gasteiger partial charge in [-0.25, -0.2) is 4.79 Å². The van der Waals surface area contributed by atoms with Crippen LogP contribution < -0.4 is 27.4 Å². The fourth-order valence-corrected chi connectivity index (χ4v) is 4.10. The lowest BCUT2D eigenvalue weighted by Gasteiger charge is -2.24. The van der Waals surface area contributed by atoms with Gasteiger partial charge in [-0.3, -0.25) is 19.2 Å². The Hall–Kier alpha value is -4.75. The zero-order valence-corrected chi connectivity index (χ0v) is 21.5. The van der Waals surface area contributed by atoms with E-state index in [1.54, 1.807) is 42.6 Å². The van der Waals surface area contributed by atoms with E-state index < -0.39 is 66.8 Å². The maximum absolute atomic E-state index is 13.2. The molecule has 0 fully saturated rings. The van der Waals surface area contributed by atoms with Gasteiger partial charge < -0.3 is 42.6 Å². The van der Waals surface area contributed by atoms with Crippen molar-refractivity contribution in [1.29, 1.82) is 0 Å². The Labute approximate surface area is 229 Å². The predicted molar refractivity (Wildman–Crippen MR) is 144 cm³/mol. The average molecular weight is 553 g/mol. The number of rotatable bonds is 14. The second-order valence-corrected chi connectivity index (χ2v) is 9.23. The van der Waals surface area contributed by atoms with Crippen molar-refractivity contribution >= 4 is 40.5 Å². The SMILES string of the molecule is NC(=O)CC(NC(=O)C(Cc1ccccc1)NC(=O)C(N)CO)C(=O)NC(Cc1c[nH]c2ccccc12)C(=O)O. The summed E-state index contributed by atoms with van der Waals surface area (Å²) < 4.78 is 0. The monoisotopic (exact) mass is 552 g/mol. The van der Waals surface area contributed by atoms with Gasteiger partial charge in [0.25, 0.3) is 0 Å². The molecule has 2 aromatic carbocycles. The van der Waals surface area contributed by atoms with Gasteiger partial charge in [0.15, 0.2) is 0 Å². The number of aliphatic hydroxyl groups excluding tert-OH is 1. The van der Waals surface area contributed by atoms with E-state index in [1.807, 2.05) is 18.2 Å². The number of benzene rings is 2. The number of aromatic nitrogens is 1. The van der Waals surface area contributed by atoms with Crippen molar-refractivity contribution in [2.75, 3.05) is 6.61 Å². The summed E-state index contributed by atoms with van der Waals surface area (Å²) in [4.78, 5) is 65.5. The minimum Gasteiger partial charge on any atom is -0.480 e. The molecule has 1 aromatic heterocycles. The summed E-state index contributed by atoms with van der Waals surface area (Å²) in [5, 5.41) is 27.0. The number of hydrogen-bond donors (Lipinski definition) is 8. The molecule has 0 saturated heterocycles. The molecular formula is C27H32N6O7. The van der Waals surface area contributed by atoms with E-state index in [1.165, 1.54) is 0 Å². The molecule has 40 heavy (non-hydrogen) atoms. The Balaban J connectivity index is 1.78. The van der Waals surface area contributed by atoms with Crippen LogP contribution >= 0.6 is 0 Å². The quantitative estimate of drug-likeness (QED) is 0.119. The minimum atomic E-state index is -1.53. The molecule has 0 aliphatic heterocycles. The molecular weight excluding hydrogens is 520 g/mol. The lowest BCUT2D eigenvalue weighted by molar-refractivity contribution is -0.142. The molecule has 3 aromatic rings. The van der Waals surface area contributed by atoms with Crippen LogP contribution in [0.2, 0.25) is 0 Å². The van der Waals surface area contributed by atoms with Crippen molar-refractivity contribution in [2.45, 2.75) is 43.4 Å². The molecule has 0 spiro atoms. The van der Waals surface area contributed by atoms with E-state index in [9.17, 15) is 34.2 Å². The first-order chi connectivity index (χ1) is 19.1. The number of carbonyl (C=O) groups is 5. The maximum Gasteiger partial charge on any atom is 0.326 e. The molecule has 0 bridgehead atoms. The third kappa shape index (κ3) is 8.12. The van der Waals surface area contributed by atoms with E-state index in [4.69, 9.17) is 11.5 Å². The largest absolute Gasteiger partial charge is 0.480 e. The molecule has 212 valence electrons. The molecule has 1 heterocycles. The van der Waals surface area contributed by atoms with Crippen LogP contribution in [-0.2, 0) is 36.8 Å². The van der Waals surface area contributed by atoms with Gasteiger partial charge in [0, 0.05) is 29.9 Å². The van der Waals surface area contributed by atoms with Gasteiger partial charge in [-0.2, -0.15) is 0 Å². The van der Waals surface area contributed by atoms with Crippen molar-refractivity contribution in [3.05, 3.63) is 71.9 Å². The van der Waals surface area contributed by atoms with Gasteiger partial charge in [0.05, 0.1) is 13.0 Å². The number of carbonyl (C=O) groups excluding carboxylic acids is 4. The summed E-state index contributed by atoms with van der Waals surface area (Å²) in [5.41, 5.74) is 13.0. The van der Waals surface area contributed by atoms with Crippen molar-refractivity contribution < 1.29 is 34.2 Å². The van der Waals surface area contributed by atoms with Gasteiger partial charge in [0.2, 0.25) is 23.6 Å². The van der Waals surface area contributed by atoms with Crippen LogP contribution in [0.5, 0.6) is 0 Å².